The maximum absolute atomic E-state index is 3.33. The van der Waals surface area contributed by atoms with Gasteiger partial charge in [0.05, 0.1) is 0 Å². The Morgan fingerprint density at radius 2 is 0.955 bits per heavy atom. The minimum atomic E-state index is 0.0991. The van der Waals surface area contributed by atoms with Gasteiger partial charge in [0.2, 0.25) is 0 Å². The average molecular weight is 371 g/mol. The molecule has 0 aliphatic rings. The molecule has 1 aromatic heterocycles. The fourth-order valence-corrected chi connectivity index (χ4v) is 5.36. The first-order chi connectivity index (χ1) is 9.55. The zero-order valence-electron chi connectivity index (χ0n) is 16.4. The van der Waals surface area contributed by atoms with Gasteiger partial charge in [0, 0.05) is 0 Å². The van der Waals surface area contributed by atoms with Gasteiger partial charge in [0.1, 0.15) is 0 Å². The Morgan fingerprint density at radius 3 is 1.18 bits per heavy atom. The summed E-state index contributed by atoms with van der Waals surface area (Å²) in [4.78, 5) is 0. The molecule has 3 heteroatoms. The molecule has 0 spiro atoms. The van der Waals surface area contributed by atoms with Crippen LogP contribution in [0.4, 0.5) is 0 Å². The molecule has 0 saturated carbocycles. The molecule has 0 aliphatic carbocycles. The molecule has 0 unspecified atom stereocenters. The second kappa shape index (κ2) is 5.98. The summed E-state index contributed by atoms with van der Waals surface area (Å²) in [5.41, 5.74) is 0.821. The third-order valence-corrected chi connectivity index (χ3v) is 4.83. The van der Waals surface area contributed by atoms with Crippen LogP contribution in [-0.2, 0) is 11.1 Å². The normalized spacial score (nSPS) is 14.5. The maximum atomic E-state index is 3.33. The van der Waals surface area contributed by atoms with Gasteiger partial charge in [-0.25, -0.2) is 0 Å². The molecule has 0 bridgehead atoms. The summed E-state index contributed by atoms with van der Waals surface area (Å²) < 4.78 is 6.04. The first-order valence-corrected chi connectivity index (χ1v) is 9.22. The molecule has 1 heterocycles. The van der Waals surface area contributed by atoms with Crippen molar-refractivity contribution < 1.29 is 0 Å². The number of hydrogen-bond donors (Lipinski definition) is 0. The van der Waals surface area contributed by atoms with Crippen molar-refractivity contribution in [1.82, 2.24) is 9.13 Å². The van der Waals surface area contributed by atoms with Crippen molar-refractivity contribution in [2.75, 3.05) is 0 Å². The monoisotopic (exact) mass is 372 g/mol. The number of imidazole rings is 1. The van der Waals surface area contributed by atoms with Crippen LogP contribution in [0.3, 0.4) is 0 Å². The first kappa shape index (κ1) is 19.8. The van der Waals surface area contributed by atoms with Gasteiger partial charge in [-0.2, -0.15) is 0 Å². The molecular formula is C19H36N2Se. The zero-order valence-corrected chi connectivity index (χ0v) is 18.1. The van der Waals surface area contributed by atoms with Crippen molar-refractivity contribution in [2.45, 2.75) is 93.2 Å². The van der Waals surface area contributed by atoms with Crippen molar-refractivity contribution in [1.29, 1.82) is 0 Å². The summed E-state index contributed by atoms with van der Waals surface area (Å²) in [7, 11) is 0. The van der Waals surface area contributed by atoms with Crippen molar-refractivity contribution in [2.24, 2.45) is 10.8 Å². The van der Waals surface area contributed by atoms with E-state index < -0.39 is 0 Å². The predicted octanol–water partition coefficient (Wildman–Crippen LogP) is 5.33. The zero-order chi connectivity index (χ0) is 17.6. The van der Waals surface area contributed by atoms with E-state index >= 15 is 0 Å². The average Bonchev–Trinajstić information content (AvgIpc) is 2.52. The molecule has 0 amide bonds. The van der Waals surface area contributed by atoms with Crippen molar-refractivity contribution in [3.63, 3.8) is 0 Å². The molecule has 2 nitrogen and oxygen atoms in total. The number of hydrogen-bond acceptors (Lipinski definition) is 0. The summed E-state index contributed by atoms with van der Waals surface area (Å²) in [6.07, 6.45) is 6.76. The predicted molar refractivity (Wildman–Crippen MR) is 98.2 cm³/mol. The Balaban J connectivity index is 3.21. The summed E-state index contributed by atoms with van der Waals surface area (Å²) in [5.74, 6) is 0. The van der Waals surface area contributed by atoms with E-state index in [4.69, 9.17) is 0 Å². The van der Waals surface area contributed by atoms with Gasteiger partial charge in [0.15, 0.2) is 0 Å². The van der Waals surface area contributed by atoms with Gasteiger partial charge >= 0.3 is 145 Å². The Kier molecular flexibility index (Phi) is 5.38. The second-order valence-electron chi connectivity index (χ2n) is 10.4. The van der Waals surface area contributed by atoms with Crippen LogP contribution in [0.15, 0.2) is 12.4 Å². The van der Waals surface area contributed by atoms with Gasteiger partial charge < -0.3 is 0 Å². The Morgan fingerprint density at radius 1 is 0.682 bits per heavy atom. The molecule has 0 aliphatic heterocycles. The van der Waals surface area contributed by atoms with Crippen LogP contribution in [0.2, 0.25) is 0 Å². The van der Waals surface area contributed by atoms with E-state index in [-0.39, 0.29) is 11.1 Å². The third kappa shape index (κ3) is 5.13. The van der Waals surface area contributed by atoms with E-state index in [1.165, 1.54) is 4.32 Å². The topological polar surface area (TPSA) is 9.86 Å². The second-order valence-corrected chi connectivity index (χ2v) is 11.2. The van der Waals surface area contributed by atoms with Gasteiger partial charge in [-0.15, -0.1) is 0 Å². The van der Waals surface area contributed by atoms with Crippen LogP contribution < -0.4 is 0 Å². The Hall–Kier alpha value is -0.271. The van der Waals surface area contributed by atoms with Crippen molar-refractivity contribution in [3.8, 4) is 0 Å². The van der Waals surface area contributed by atoms with Gasteiger partial charge in [0.25, 0.3) is 0 Å². The summed E-state index contributed by atoms with van der Waals surface area (Å²) in [6, 6.07) is 0. The SMILES string of the molecule is CC(C)(C)CC(C)(C)n1ccn(C(C)(C)CC(C)(C)C)c1=[Se]. The minimum absolute atomic E-state index is 0.0991. The van der Waals surface area contributed by atoms with E-state index in [9.17, 15) is 0 Å². The molecule has 0 atom stereocenters. The van der Waals surface area contributed by atoms with Crippen LogP contribution in [0.1, 0.15) is 82.1 Å². The molecule has 1 aromatic rings. The molecule has 0 aromatic carbocycles. The number of aromatic nitrogens is 2. The molecule has 128 valence electrons. The molecule has 0 N–H and O–H groups in total. The van der Waals surface area contributed by atoms with Gasteiger partial charge in [-0.05, 0) is 0 Å². The molecular weight excluding hydrogens is 335 g/mol. The van der Waals surface area contributed by atoms with E-state index in [2.05, 4.69) is 106 Å². The summed E-state index contributed by atoms with van der Waals surface area (Å²) in [5, 5.41) is 0. The number of nitrogens with zero attached hydrogens (tertiary/aromatic N) is 2. The third-order valence-electron chi connectivity index (χ3n) is 4.01. The molecule has 22 heavy (non-hydrogen) atoms. The fraction of sp³-hybridized carbons (Fsp3) is 0.842. The quantitative estimate of drug-likeness (QED) is 0.633. The standard InChI is InChI=1S/C19H36N2Se/c1-16(2,3)13-18(7,8)20-11-12-21(15(20)22)19(9,10)14-17(4,5)6/h11-12H,13-14H2,1-10H3. The van der Waals surface area contributed by atoms with E-state index in [1.807, 2.05) is 0 Å². The molecule has 0 fully saturated rings. The van der Waals surface area contributed by atoms with Crippen LogP contribution in [0.5, 0.6) is 0 Å². The van der Waals surface area contributed by atoms with Crippen molar-refractivity contribution >= 4 is 15.6 Å². The van der Waals surface area contributed by atoms with E-state index in [0.29, 0.717) is 10.8 Å². The van der Waals surface area contributed by atoms with Gasteiger partial charge in [-0.3, -0.25) is 0 Å². The molecule has 1 rings (SSSR count). The Labute approximate surface area is 145 Å². The fourth-order valence-electron chi connectivity index (χ4n) is 4.06. The summed E-state index contributed by atoms with van der Waals surface area (Å²) >= 11 is 3.33. The van der Waals surface area contributed by atoms with E-state index in [0.717, 1.165) is 12.8 Å². The van der Waals surface area contributed by atoms with Crippen LogP contribution >= 0.6 is 0 Å². The number of rotatable bonds is 4. The van der Waals surface area contributed by atoms with Gasteiger partial charge in [-0.1, -0.05) is 0 Å². The van der Waals surface area contributed by atoms with Crippen LogP contribution in [0.25, 0.3) is 0 Å². The van der Waals surface area contributed by atoms with Crippen LogP contribution in [-0.4, -0.2) is 24.7 Å². The summed E-state index contributed by atoms with van der Waals surface area (Å²) in [6.45, 7) is 23.2. The molecule has 0 radical (unpaired) electrons. The molecule has 0 saturated heterocycles. The first-order valence-electron chi connectivity index (χ1n) is 8.36. The van der Waals surface area contributed by atoms with Crippen molar-refractivity contribution in [3.05, 3.63) is 16.7 Å². The van der Waals surface area contributed by atoms with Crippen LogP contribution in [0, 0.1) is 15.2 Å². The van der Waals surface area contributed by atoms with E-state index in [1.54, 1.807) is 0 Å². The Bertz CT molecular complexity index is 511.